The molecule has 8 heteroatoms. The van der Waals surface area contributed by atoms with Crippen molar-refractivity contribution in [2.24, 2.45) is 7.05 Å². The van der Waals surface area contributed by atoms with Gasteiger partial charge in [0.05, 0.1) is 16.4 Å². The highest BCUT2D eigenvalue weighted by molar-refractivity contribution is 9.10. The second kappa shape index (κ2) is 6.00. The minimum atomic E-state index is -2.96. The van der Waals surface area contributed by atoms with Gasteiger partial charge in [-0.25, -0.2) is 0 Å². The first-order chi connectivity index (χ1) is 9.49. The van der Waals surface area contributed by atoms with Gasteiger partial charge in [-0.3, -0.25) is 9.48 Å². The van der Waals surface area contributed by atoms with E-state index in [2.05, 4.69) is 31.1 Å². The number of hydrogen-bond donors (Lipinski definition) is 1. The summed E-state index contributed by atoms with van der Waals surface area (Å²) in [5.74, 6) is -0.587. The number of amides is 1. The molecule has 1 aromatic carbocycles. The van der Waals surface area contributed by atoms with Gasteiger partial charge in [0.15, 0.2) is 0 Å². The van der Waals surface area contributed by atoms with Crippen LogP contribution in [0.25, 0.3) is 0 Å². The third-order valence-corrected chi connectivity index (χ3v) is 3.04. The molecule has 0 aliphatic carbocycles. The number of benzene rings is 1. The van der Waals surface area contributed by atoms with Crippen LogP contribution in [0.5, 0.6) is 5.75 Å². The minimum absolute atomic E-state index is 0.103. The van der Waals surface area contributed by atoms with E-state index in [4.69, 9.17) is 0 Å². The molecule has 2 rings (SSSR count). The van der Waals surface area contributed by atoms with Crippen LogP contribution < -0.4 is 10.1 Å². The van der Waals surface area contributed by atoms with Crippen molar-refractivity contribution in [3.8, 4) is 5.75 Å². The van der Waals surface area contributed by atoms with Gasteiger partial charge in [-0.2, -0.15) is 13.9 Å². The first-order valence-corrected chi connectivity index (χ1v) is 6.31. The number of rotatable bonds is 4. The summed E-state index contributed by atoms with van der Waals surface area (Å²) in [4.78, 5) is 12.1. The lowest BCUT2D eigenvalue weighted by Gasteiger charge is -2.11. The van der Waals surface area contributed by atoms with Gasteiger partial charge in [-0.1, -0.05) is 12.1 Å². The molecule has 0 spiro atoms. The largest absolute Gasteiger partial charge is 0.433 e. The van der Waals surface area contributed by atoms with Crippen molar-refractivity contribution in [2.45, 2.75) is 6.61 Å². The number of aromatic nitrogens is 2. The number of nitrogens with zero attached hydrogens (tertiary/aromatic N) is 2. The van der Waals surface area contributed by atoms with Crippen molar-refractivity contribution < 1.29 is 18.3 Å². The number of para-hydroxylation sites is 2. The molecule has 106 valence electrons. The number of anilines is 1. The summed E-state index contributed by atoms with van der Waals surface area (Å²) < 4.78 is 30.8. The monoisotopic (exact) mass is 345 g/mol. The number of aryl methyl sites for hydroxylation is 1. The zero-order valence-electron chi connectivity index (χ0n) is 10.3. The normalized spacial score (nSPS) is 10.7. The predicted molar refractivity (Wildman–Crippen MR) is 71.9 cm³/mol. The van der Waals surface area contributed by atoms with Gasteiger partial charge in [0.1, 0.15) is 11.4 Å². The number of nitrogens with one attached hydrogen (secondary N) is 1. The Morgan fingerprint density at radius 2 is 2.15 bits per heavy atom. The van der Waals surface area contributed by atoms with Crippen LogP contribution in [0.2, 0.25) is 0 Å². The maximum Gasteiger partial charge on any atom is 0.387 e. The third kappa shape index (κ3) is 3.13. The molecule has 5 nitrogen and oxygen atoms in total. The smallest absolute Gasteiger partial charge is 0.387 e. The highest BCUT2D eigenvalue weighted by Gasteiger charge is 2.17. The molecule has 0 aliphatic heterocycles. The van der Waals surface area contributed by atoms with Gasteiger partial charge in [0, 0.05) is 7.05 Å². The van der Waals surface area contributed by atoms with Crippen LogP contribution in [0.3, 0.4) is 0 Å². The Hall–Kier alpha value is -1.96. The Kier molecular flexibility index (Phi) is 4.33. The van der Waals surface area contributed by atoms with Crippen LogP contribution in [-0.2, 0) is 7.05 Å². The maximum absolute atomic E-state index is 12.3. The fourth-order valence-electron chi connectivity index (χ4n) is 1.62. The highest BCUT2D eigenvalue weighted by Crippen LogP contribution is 2.26. The summed E-state index contributed by atoms with van der Waals surface area (Å²) in [7, 11) is 1.60. The molecule has 1 amide bonds. The average Bonchev–Trinajstić information content (AvgIpc) is 2.71. The van der Waals surface area contributed by atoms with E-state index in [1.54, 1.807) is 13.1 Å². The van der Waals surface area contributed by atoms with Crippen molar-refractivity contribution in [2.75, 3.05) is 5.32 Å². The van der Waals surface area contributed by atoms with Crippen molar-refractivity contribution in [3.05, 3.63) is 40.6 Å². The molecule has 0 atom stereocenters. The Morgan fingerprint density at radius 1 is 1.45 bits per heavy atom. The standard InChI is InChI=1S/C12H10BrF2N3O2/c1-18-10(7(13)6-16-18)11(19)17-8-4-2-3-5-9(8)20-12(14)15/h2-6,12H,1H3,(H,17,19). The molecule has 0 saturated carbocycles. The zero-order valence-corrected chi connectivity index (χ0v) is 11.9. The molecule has 0 bridgehead atoms. The summed E-state index contributed by atoms with van der Waals surface area (Å²) in [6.07, 6.45) is 1.47. The van der Waals surface area contributed by atoms with Gasteiger partial charge >= 0.3 is 6.61 Å². The molecule has 1 aromatic heterocycles. The van der Waals surface area contributed by atoms with Crippen LogP contribution in [0, 0.1) is 0 Å². The van der Waals surface area contributed by atoms with E-state index in [0.717, 1.165) is 0 Å². The Labute approximate surface area is 121 Å². The van der Waals surface area contributed by atoms with E-state index in [1.165, 1.54) is 29.1 Å². The first kappa shape index (κ1) is 14.4. The SMILES string of the molecule is Cn1ncc(Br)c1C(=O)Nc1ccccc1OC(F)F. The third-order valence-electron chi connectivity index (χ3n) is 2.46. The van der Waals surface area contributed by atoms with Crippen molar-refractivity contribution in [1.29, 1.82) is 0 Å². The van der Waals surface area contributed by atoms with Crippen molar-refractivity contribution in [3.63, 3.8) is 0 Å². The summed E-state index contributed by atoms with van der Waals surface area (Å²) in [5.41, 5.74) is 0.433. The van der Waals surface area contributed by atoms with E-state index in [9.17, 15) is 13.6 Å². The van der Waals surface area contributed by atoms with Crippen LogP contribution in [0.1, 0.15) is 10.5 Å². The molecule has 20 heavy (non-hydrogen) atoms. The quantitative estimate of drug-likeness (QED) is 0.926. The molecule has 0 unspecified atom stereocenters. The lowest BCUT2D eigenvalue weighted by Crippen LogP contribution is -2.17. The van der Waals surface area contributed by atoms with E-state index in [0.29, 0.717) is 4.47 Å². The van der Waals surface area contributed by atoms with Crippen LogP contribution >= 0.6 is 15.9 Å². The zero-order chi connectivity index (χ0) is 14.7. The van der Waals surface area contributed by atoms with Crippen LogP contribution in [0.4, 0.5) is 14.5 Å². The van der Waals surface area contributed by atoms with Gasteiger partial charge in [-0.15, -0.1) is 0 Å². The number of hydrogen-bond acceptors (Lipinski definition) is 3. The molecular weight excluding hydrogens is 336 g/mol. The molecule has 0 fully saturated rings. The molecule has 0 radical (unpaired) electrons. The van der Waals surface area contributed by atoms with Gasteiger partial charge in [0.2, 0.25) is 0 Å². The summed E-state index contributed by atoms with van der Waals surface area (Å²) in [5, 5.41) is 6.42. The predicted octanol–water partition coefficient (Wildman–Crippen LogP) is 3.04. The Morgan fingerprint density at radius 3 is 2.75 bits per heavy atom. The fourth-order valence-corrected chi connectivity index (χ4v) is 2.14. The summed E-state index contributed by atoms with van der Waals surface area (Å²) in [6.45, 7) is -2.96. The molecule has 2 aromatic rings. The first-order valence-electron chi connectivity index (χ1n) is 5.51. The van der Waals surface area contributed by atoms with Gasteiger partial charge in [0.25, 0.3) is 5.91 Å². The topological polar surface area (TPSA) is 56.2 Å². The minimum Gasteiger partial charge on any atom is -0.433 e. The van der Waals surface area contributed by atoms with Crippen molar-refractivity contribution >= 4 is 27.5 Å². The van der Waals surface area contributed by atoms with Crippen molar-refractivity contribution in [1.82, 2.24) is 9.78 Å². The average molecular weight is 346 g/mol. The molecule has 1 heterocycles. The van der Waals surface area contributed by atoms with Gasteiger partial charge < -0.3 is 10.1 Å². The maximum atomic E-state index is 12.3. The summed E-state index contributed by atoms with van der Waals surface area (Å²) >= 11 is 3.19. The Balaban J connectivity index is 2.24. The molecule has 0 aliphatic rings. The Bertz CT molecular complexity index is 611. The number of halogens is 3. The number of alkyl halides is 2. The van der Waals surface area contributed by atoms with Crippen LogP contribution in [-0.4, -0.2) is 22.3 Å². The molecular formula is C12H10BrF2N3O2. The molecule has 0 saturated heterocycles. The number of carbonyl (C=O) groups excluding carboxylic acids is 1. The second-order valence-electron chi connectivity index (χ2n) is 3.79. The van der Waals surface area contributed by atoms with E-state index < -0.39 is 12.5 Å². The lowest BCUT2D eigenvalue weighted by atomic mass is 10.3. The lowest BCUT2D eigenvalue weighted by molar-refractivity contribution is -0.0493. The summed E-state index contributed by atoms with van der Waals surface area (Å²) in [6, 6.07) is 5.96. The number of ether oxygens (including phenoxy) is 1. The van der Waals surface area contributed by atoms with Crippen LogP contribution in [0.15, 0.2) is 34.9 Å². The number of carbonyl (C=O) groups is 1. The van der Waals surface area contributed by atoms with E-state index in [1.807, 2.05) is 0 Å². The second-order valence-corrected chi connectivity index (χ2v) is 4.65. The van der Waals surface area contributed by atoms with Gasteiger partial charge in [-0.05, 0) is 28.1 Å². The molecule has 1 N–H and O–H groups in total. The van der Waals surface area contributed by atoms with E-state index >= 15 is 0 Å². The van der Waals surface area contributed by atoms with E-state index in [-0.39, 0.29) is 17.1 Å². The highest BCUT2D eigenvalue weighted by atomic mass is 79.9. The fraction of sp³-hybridized carbons (Fsp3) is 0.167.